The van der Waals surface area contributed by atoms with E-state index in [1.54, 1.807) is 17.0 Å². The van der Waals surface area contributed by atoms with Crippen molar-refractivity contribution >= 4 is 11.6 Å². The van der Waals surface area contributed by atoms with Gasteiger partial charge in [-0.1, -0.05) is 6.07 Å². The first-order chi connectivity index (χ1) is 11.8. The van der Waals surface area contributed by atoms with E-state index < -0.39 is 11.7 Å². The Morgan fingerprint density at radius 3 is 2.12 bits per heavy atom. The quantitative estimate of drug-likeness (QED) is 0.768. The molecule has 2 aromatic carbocycles. The Labute approximate surface area is 142 Å². The zero-order valence-corrected chi connectivity index (χ0v) is 13.3. The fourth-order valence-corrected chi connectivity index (χ4v) is 2.82. The van der Waals surface area contributed by atoms with Crippen molar-refractivity contribution in [3.05, 3.63) is 65.5 Å². The van der Waals surface area contributed by atoms with Gasteiger partial charge in [0.25, 0.3) is 5.91 Å². The van der Waals surface area contributed by atoms with Crippen molar-refractivity contribution in [3.8, 4) is 0 Å². The second kappa shape index (κ2) is 6.74. The molecule has 0 atom stereocenters. The number of piperazine rings is 1. The van der Waals surface area contributed by atoms with Crippen LogP contribution in [0.25, 0.3) is 0 Å². The fraction of sp³-hybridized carbons (Fsp3) is 0.278. The van der Waals surface area contributed by atoms with Gasteiger partial charge in [0.2, 0.25) is 0 Å². The maximum absolute atomic E-state index is 13.3. The molecular weight excluding hydrogens is 336 g/mol. The van der Waals surface area contributed by atoms with E-state index in [0.717, 1.165) is 17.8 Å². The summed E-state index contributed by atoms with van der Waals surface area (Å²) >= 11 is 0. The maximum Gasteiger partial charge on any atom is 0.416 e. The molecule has 3 rings (SSSR count). The van der Waals surface area contributed by atoms with Gasteiger partial charge in [-0.2, -0.15) is 13.2 Å². The van der Waals surface area contributed by atoms with Crippen molar-refractivity contribution in [1.29, 1.82) is 0 Å². The largest absolute Gasteiger partial charge is 0.416 e. The van der Waals surface area contributed by atoms with Gasteiger partial charge in [-0.25, -0.2) is 4.39 Å². The van der Waals surface area contributed by atoms with E-state index in [2.05, 4.69) is 0 Å². The molecule has 132 valence electrons. The molecule has 2 aromatic rings. The summed E-state index contributed by atoms with van der Waals surface area (Å²) in [5.74, 6) is -0.617. The lowest BCUT2D eigenvalue weighted by Gasteiger charge is -2.36. The van der Waals surface area contributed by atoms with Crippen molar-refractivity contribution in [1.82, 2.24) is 4.90 Å². The molecule has 25 heavy (non-hydrogen) atoms. The number of hydrogen-bond acceptors (Lipinski definition) is 2. The highest BCUT2D eigenvalue weighted by Gasteiger charge is 2.30. The van der Waals surface area contributed by atoms with Crippen LogP contribution in [0.1, 0.15) is 15.9 Å². The van der Waals surface area contributed by atoms with Crippen LogP contribution in [0.15, 0.2) is 48.5 Å². The zero-order valence-electron chi connectivity index (χ0n) is 13.3. The first-order valence-corrected chi connectivity index (χ1v) is 7.81. The van der Waals surface area contributed by atoms with Crippen LogP contribution in [-0.2, 0) is 6.18 Å². The highest BCUT2D eigenvalue weighted by atomic mass is 19.4. The molecule has 0 aromatic heterocycles. The number of halogens is 4. The van der Waals surface area contributed by atoms with Gasteiger partial charge in [0.15, 0.2) is 0 Å². The fourth-order valence-electron chi connectivity index (χ4n) is 2.82. The van der Waals surface area contributed by atoms with Crippen molar-refractivity contribution in [2.45, 2.75) is 6.18 Å². The van der Waals surface area contributed by atoms with E-state index in [4.69, 9.17) is 0 Å². The zero-order chi connectivity index (χ0) is 18.0. The number of carbonyl (C=O) groups is 1. The van der Waals surface area contributed by atoms with Gasteiger partial charge in [0.1, 0.15) is 5.82 Å². The number of anilines is 1. The molecule has 1 amide bonds. The Bertz CT molecular complexity index is 750. The molecule has 0 bridgehead atoms. The molecule has 3 nitrogen and oxygen atoms in total. The molecule has 1 saturated heterocycles. The third kappa shape index (κ3) is 3.92. The minimum Gasteiger partial charge on any atom is -0.368 e. The number of rotatable bonds is 2. The van der Waals surface area contributed by atoms with Crippen LogP contribution < -0.4 is 4.90 Å². The Morgan fingerprint density at radius 1 is 0.920 bits per heavy atom. The minimum absolute atomic E-state index is 0.229. The Morgan fingerprint density at radius 2 is 1.56 bits per heavy atom. The Balaban J connectivity index is 1.63. The first kappa shape index (κ1) is 17.3. The van der Waals surface area contributed by atoms with Crippen LogP contribution in [0.3, 0.4) is 0 Å². The number of benzene rings is 2. The summed E-state index contributed by atoms with van der Waals surface area (Å²) in [5.41, 5.74) is 0.203. The van der Waals surface area contributed by atoms with E-state index in [0.29, 0.717) is 26.2 Å². The summed E-state index contributed by atoms with van der Waals surface area (Å²) in [6, 6.07) is 10.5. The van der Waals surface area contributed by atoms with Gasteiger partial charge < -0.3 is 9.80 Å². The highest BCUT2D eigenvalue weighted by molar-refractivity contribution is 5.94. The van der Waals surface area contributed by atoms with Crippen molar-refractivity contribution in [2.24, 2.45) is 0 Å². The average Bonchev–Trinajstić information content (AvgIpc) is 2.61. The monoisotopic (exact) mass is 352 g/mol. The van der Waals surface area contributed by atoms with Crippen molar-refractivity contribution < 1.29 is 22.4 Å². The van der Waals surface area contributed by atoms with Gasteiger partial charge in [-0.3, -0.25) is 4.79 Å². The number of hydrogen-bond donors (Lipinski definition) is 0. The smallest absolute Gasteiger partial charge is 0.368 e. The summed E-state index contributed by atoms with van der Waals surface area (Å²) in [4.78, 5) is 16.0. The summed E-state index contributed by atoms with van der Waals surface area (Å²) in [6.07, 6.45) is -4.42. The topological polar surface area (TPSA) is 23.6 Å². The van der Waals surface area contributed by atoms with Crippen LogP contribution in [0.4, 0.5) is 23.2 Å². The second-order valence-electron chi connectivity index (χ2n) is 5.83. The van der Waals surface area contributed by atoms with Gasteiger partial charge >= 0.3 is 6.18 Å². The predicted molar refractivity (Wildman–Crippen MR) is 86.0 cm³/mol. The van der Waals surface area contributed by atoms with E-state index in [9.17, 15) is 22.4 Å². The second-order valence-corrected chi connectivity index (χ2v) is 5.83. The van der Waals surface area contributed by atoms with Crippen molar-refractivity contribution in [3.63, 3.8) is 0 Å². The molecular formula is C18H16F4N2O. The van der Waals surface area contributed by atoms with Crippen LogP contribution in [-0.4, -0.2) is 37.0 Å². The number of alkyl halides is 3. The summed E-state index contributed by atoms with van der Waals surface area (Å²) in [6.45, 7) is 1.93. The number of amides is 1. The van der Waals surface area contributed by atoms with Crippen LogP contribution in [0.2, 0.25) is 0 Å². The summed E-state index contributed by atoms with van der Waals surface area (Å²) in [5, 5.41) is 0. The molecule has 0 radical (unpaired) electrons. The molecule has 1 heterocycles. The Hall–Kier alpha value is -2.57. The normalized spacial score (nSPS) is 15.4. The molecule has 0 aliphatic carbocycles. The SMILES string of the molecule is O=C(c1ccc(C(F)(F)F)cc1)N1CCN(c2cccc(F)c2)CC1. The van der Waals surface area contributed by atoms with Gasteiger partial charge in [-0.15, -0.1) is 0 Å². The van der Waals surface area contributed by atoms with Crippen molar-refractivity contribution in [2.75, 3.05) is 31.1 Å². The molecule has 0 saturated carbocycles. The van der Waals surface area contributed by atoms with Crippen LogP contribution in [0.5, 0.6) is 0 Å². The first-order valence-electron chi connectivity index (χ1n) is 7.81. The number of carbonyl (C=O) groups excluding carboxylic acids is 1. The maximum atomic E-state index is 13.3. The van der Waals surface area contributed by atoms with Crippen LogP contribution in [0, 0.1) is 5.82 Å². The molecule has 0 unspecified atom stereocenters. The van der Waals surface area contributed by atoms with E-state index in [-0.39, 0.29) is 17.3 Å². The lowest BCUT2D eigenvalue weighted by molar-refractivity contribution is -0.137. The average molecular weight is 352 g/mol. The van der Waals surface area contributed by atoms with Gasteiger partial charge in [0, 0.05) is 37.4 Å². The number of nitrogens with zero attached hydrogens (tertiary/aromatic N) is 2. The predicted octanol–water partition coefficient (Wildman–Crippen LogP) is 3.81. The molecule has 1 aliphatic rings. The molecule has 0 N–H and O–H groups in total. The lowest BCUT2D eigenvalue weighted by Crippen LogP contribution is -2.48. The van der Waals surface area contributed by atoms with E-state index in [1.165, 1.54) is 24.3 Å². The lowest BCUT2D eigenvalue weighted by atomic mass is 10.1. The van der Waals surface area contributed by atoms with Crippen LogP contribution >= 0.6 is 0 Å². The molecule has 7 heteroatoms. The molecule has 0 spiro atoms. The molecule has 1 aliphatic heterocycles. The van der Waals surface area contributed by atoms with Gasteiger partial charge in [0.05, 0.1) is 5.56 Å². The Kier molecular flexibility index (Phi) is 4.65. The minimum atomic E-state index is -4.42. The summed E-state index contributed by atoms with van der Waals surface area (Å²) in [7, 11) is 0. The van der Waals surface area contributed by atoms with E-state index >= 15 is 0 Å². The highest BCUT2D eigenvalue weighted by Crippen LogP contribution is 2.29. The third-order valence-electron chi connectivity index (χ3n) is 4.20. The summed E-state index contributed by atoms with van der Waals surface area (Å²) < 4.78 is 51.0. The van der Waals surface area contributed by atoms with Gasteiger partial charge in [-0.05, 0) is 42.5 Å². The standard InChI is InChI=1S/C18H16F4N2O/c19-15-2-1-3-16(12-15)23-8-10-24(11-9-23)17(25)13-4-6-14(7-5-13)18(20,21)22/h1-7,12H,8-11H2. The molecule has 1 fully saturated rings. The van der Waals surface area contributed by atoms with E-state index in [1.807, 2.05) is 4.90 Å². The third-order valence-corrected chi connectivity index (χ3v) is 4.20.